The first-order valence-electron chi connectivity index (χ1n) is 10.6. The van der Waals surface area contributed by atoms with Crippen LogP contribution < -0.4 is 0 Å². The van der Waals surface area contributed by atoms with Crippen molar-refractivity contribution < 1.29 is 9.59 Å². The fourth-order valence-corrected chi connectivity index (χ4v) is 4.84. The fourth-order valence-electron chi connectivity index (χ4n) is 4.84. The van der Waals surface area contributed by atoms with E-state index in [1.165, 1.54) is 5.56 Å². The molecule has 0 N–H and O–H groups in total. The van der Waals surface area contributed by atoms with Gasteiger partial charge in [0.2, 0.25) is 5.91 Å². The Balaban J connectivity index is 1.61. The van der Waals surface area contributed by atoms with E-state index in [4.69, 9.17) is 0 Å². The van der Waals surface area contributed by atoms with Crippen LogP contribution in [0.5, 0.6) is 0 Å². The Morgan fingerprint density at radius 2 is 1.64 bits per heavy atom. The number of piperazine rings is 1. The molecule has 0 spiro atoms. The van der Waals surface area contributed by atoms with Crippen molar-refractivity contribution in [1.29, 1.82) is 0 Å². The van der Waals surface area contributed by atoms with Gasteiger partial charge in [-0.05, 0) is 46.1 Å². The van der Waals surface area contributed by atoms with Crippen LogP contribution in [-0.2, 0) is 4.79 Å². The number of benzene rings is 1. The van der Waals surface area contributed by atoms with E-state index in [0.717, 1.165) is 51.1 Å². The van der Waals surface area contributed by atoms with Gasteiger partial charge in [-0.15, -0.1) is 0 Å². The van der Waals surface area contributed by atoms with Crippen LogP contribution in [0.15, 0.2) is 24.3 Å². The predicted molar refractivity (Wildman–Crippen MR) is 112 cm³/mol. The van der Waals surface area contributed by atoms with Crippen LogP contribution in [0.25, 0.3) is 0 Å². The average Bonchev–Trinajstić information content (AvgIpc) is 2.67. The second-order valence-corrected chi connectivity index (χ2v) is 8.89. The maximum Gasteiger partial charge on any atom is 0.219 e. The zero-order valence-corrected chi connectivity index (χ0v) is 18.1. The summed E-state index contributed by atoms with van der Waals surface area (Å²) in [6, 6.07) is 8.89. The summed E-state index contributed by atoms with van der Waals surface area (Å²) >= 11 is 0. The maximum absolute atomic E-state index is 11.6. The molecule has 0 bridgehead atoms. The van der Waals surface area contributed by atoms with E-state index >= 15 is 0 Å². The van der Waals surface area contributed by atoms with Gasteiger partial charge < -0.3 is 4.90 Å². The monoisotopic (exact) mass is 385 g/mol. The lowest BCUT2D eigenvalue weighted by Crippen LogP contribution is -2.62. The topological polar surface area (TPSA) is 43.9 Å². The third-order valence-electron chi connectivity index (χ3n) is 7.03. The number of amides is 1. The zero-order valence-electron chi connectivity index (χ0n) is 18.1. The number of carbonyl (C=O) groups is 2. The van der Waals surface area contributed by atoms with Crippen molar-refractivity contribution >= 4 is 11.7 Å². The van der Waals surface area contributed by atoms with E-state index in [2.05, 4.69) is 42.7 Å². The molecular weight excluding hydrogens is 350 g/mol. The molecule has 5 nitrogen and oxygen atoms in total. The number of likely N-dealkylation sites (tertiary alicyclic amines) is 1. The molecule has 1 amide bonds. The standard InChI is InChI=1S/C23H35N3O2/c1-17-16-25(23(5)10-12-24(13-11-23)20(4)28)14-15-26(17)18(2)21-6-8-22(9-7-21)19(3)27/h6-9,17-18H,10-16H2,1-5H3. The van der Waals surface area contributed by atoms with Gasteiger partial charge in [0.15, 0.2) is 5.78 Å². The van der Waals surface area contributed by atoms with E-state index < -0.39 is 0 Å². The number of nitrogens with zero attached hydrogens (tertiary/aromatic N) is 3. The van der Waals surface area contributed by atoms with Gasteiger partial charge in [0.25, 0.3) is 0 Å². The third-order valence-corrected chi connectivity index (χ3v) is 7.03. The van der Waals surface area contributed by atoms with Gasteiger partial charge in [-0.25, -0.2) is 0 Å². The number of piperidine rings is 1. The Morgan fingerprint density at radius 3 is 2.14 bits per heavy atom. The van der Waals surface area contributed by atoms with Crippen molar-refractivity contribution in [2.24, 2.45) is 0 Å². The molecule has 154 valence electrons. The molecule has 2 aliphatic heterocycles. The molecule has 2 aliphatic rings. The molecule has 28 heavy (non-hydrogen) atoms. The maximum atomic E-state index is 11.6. The van der Waals surface area contributed by atoms with Crippen molar-refractivity contribution in [2.75, 3.05) is 32.7 Å². The Kier molecular flexibility index (Phi) is 6.25. The van der Waals surface area contributed by atoms with Crippen LogP contribution in [-0.4, -0.2) is 70.7 Å². The number of rotatable bonds is 4. The molecule has 0 aromatic heterocycles. The van der Waals surface area contributed by atoms with E-state index in [1.807, 2.05) is 17.0 Å². The fraction of sp³-hybridized carbons (Fsp3) is 0.652. The van der Waals surface area contributed by atoms with Crippen molar-refractivity contribution in [3.05, 3.63) is 35.4 Å². The number of hydrogen-bond donors (Lipinski definition) is 0. The molecule has 5 heteroatoms. The van der Waals surface area contributed by atoms with Crippen LogP contribution >= 0.6 is 0 Å². The zero-order chi connectivity index (χ0) is 20.5. The van der Waals surface area contributed by atoms with E-state index in [0.29, 0.717) is 12.1 Å². The molecule has 1 aromatic carbocycles. The van der Waals surface area contributed by atoms with Crippen molar-refractivity contribution in [2.45, 2.75) is 65.1 Å². The molecule has 3 rings (SSSR count). The molecule has 1 aromatic rings. The van der Waals surface area contributed by atoms with Gasteiger partial charge in [0.05, 0.1) is 0 Å². The van der Waals surface area contributed by atoms with Crippen molar-refractivity contribution in [3.63, 3.8) is 0 Å². The molecule has 0 saturated carbocycles. The van der Waals surface area contributed by atoms with Crippen LogP contribution in [0, 0.1) is 0 Å². The largest absolute Gasteiger partial charge is 0.343 e. The first-order chi connectivity index (χ1) is 13.2. The lowest BCUT2D eigenvalue weighted by atomic mass is 9.86. The second kappa shape index (κ2) is 8.34. The van der Waals surface area contributed by atoms with Gasteiger partial charge in [-0.1, -0.05) is 24.3 Å². The minimum absolute atomic E-state index is 0.116. The highest BCUT2D eigenvalue weighted by Crippen LogP contribution is 2.33. The molecule has 2 atom stereocenters. The number of hydrogen-bond acceptors (Lipinski definition) is 4. The van der Waals surface area contributed by atoms with Gasteiger partial charge >= 0.3 is 0 Å². The highest BCUT2D eigenvalue weighted by molar-refractivity contribution is 5.94. The molecule has 2 fully saturated rings. The lowest BCUT2D eigenvalue weighted by molar-refractivity contribution is -0.132. The summed E-state index contributed by atoms with van der Waals surface area (Å²) in [5.41, 5.74) is 2.24. The summed E-state index contributed by atoms with van der Waals surface area (Å²) in [4.78, 5) is 30.4. The van der Waals surface area contributed by atoms with E-state index in [1.54, 1.807) is 13.8 Å². The summed E-state index contributed by atoms with van der Waals surface area (Å²) in [7, 11) is 0. The Labute approximate surface area is 169 Å². The van der Waals surface area contributed by atoms with Crippen LogP contribution in [0.4, 0.5) is 0 Å². The number of carbonyl (C=O) groups excluding carboxylic acids is 2. The highest BCUT2D eigenvalue weighted by Gasteiger charge is 2.40. The molecule has 2 heterocycles. The summed E-state index contributed by atoms with van der Waals surface area (Å²) in [6.07, 6.45) is 2.11. The minimum Gasteiger partial charge on any atom is -0.343 e. The van der Waals surface area contributed by atoms with Crippen LogP contribution in [0.3, 0.4) is 0 Å². The molecule has 2 unspecified atom stereocenters. The van der Waals surface area contributed by atoms with Gasteiger partial charge in [-0.2, -0.15) is 0 Å². The Morgan fingerprint density at radius 1 is 1.04 bits per heavy atom. The van der Waals surface area contributed by atoms with Gasteiger partial charge in [0.1, 0.15) is 0 Å². The smallest absolute Gasteiger partial charge is 0.219 e. The normalized spacial score (nSPS) is 24.8. The lowest BCUT2D eigenvalue weighted by Gasteiger charge is -2.52. The molecule has 2 saturated heterocycles. The number of Topliss-reactive ketones (excluding diaryl/α,β-unsaturated/α-hetero) is 1. The summed E-state index contributed by atoms with van der Waals surface area (Å²) < 4.78 is 0. The predicted octanol–water partition coefficient (Wildman–Crippen LogP) is 3.36. The summed E-state index contributed by atoms with van der Waals surface area (Å²) in [6.45, 7) is 15.2. The molecule has 0 radical (unpaired) electrons. The number of ketones is 1. The minimum atomic E-state index is 0.116. The third kappa shape index (κ3) is 4.31. The average molecular weight is 386 g/mol. The summed E-state index contributed by atoms with van der Waals surface area (Å²) in [5.74, 6) is 0.315. The second-order valence-electron chi connectivity index (χ2n) is 8.89. The van der Waals surface area contributed by atoms with Crippen LogP contribution in [0.2, 0.25) is 0 Å². The highest BCUT2D eigenvalue weighted by atomic mass is 16.2. The van der Waals surface area contributed by atoms with Crippen molar-refractivity contribution in [3.8, 4) is 0 Å². The van der Waals surface area contributed by atoms with Gasteiger partial charge in [0, 0.05) is 62.8 Å². The first-order valence-corrected chi connectivity index (χ1v) is 10.6. The Bertz CT molecular complexity index is 707. The quantitative estimate of drug-likeness (QED) is 0.746. The Hall–Kier alpha value is -1.72. The van der Waals surface area contributed by atoms with Gasteiger partial charge in [-0.3, -0.25) is 19.4 Å². The van der Waals surface area contributed by atoms with Crippen molar-refractivity contribution in [1.82, 2.24) is 14.7 Å². The van der Waals surface area contributed by atoms with E-state index in [-0.39, 0.29) is 17.2 Å². The van der Waals surface area contributed by atoms with Crippen LogP contribution in [0.1, 0.15) is 69.4 Å². The molecule has 0 aliphatic carbocycles. The SMILES string of the molecule is CC(=O)c1ccc(C(C)N2CCN(C3(C)CCN(C(C)=O)CC3)CC2C)cc1. The summed E-state index contributed by atoms with van der Waals surface area (Å²) in [5, 5.41) is 0. The molecular formula is C23H35N3O2. The first kappa shape index (κ1) is 21.0. The van der Waals surface area contributed by atoms with E-state index in [9.17, 15) is 9.59 Å².